The van der Waals surface area contributed by atoms with E-state index in [4.69, 9.17) is 9.47 Å². The average molecular weight is 284 g/mol. The first-order valence-corrected chi connectivity index (χ1v) is 7.72. The summed E-state index contributed by atoms with van der Waals surface area (Å²) in [6.45, 7) is 12.0. The summed E-state index contributed by atoms with van der Waals surface area (Å²) < 4.78 is 10.9. The minimum atomic E-state index is -0.409. The third-order valence-corrected chi connectivity index (χ3v) is 3.79. The SMILES string of the molecule is CC(C)(C)OC(=O)N1CCN(CC2CCCOC2)CC1. The molecule has 0 aromatic carbocycles. The molecule has 2 saturated heterocycles. The predicted molar refractivity (Wildman–Crippen MR) is 77.8 cm³/mol. The van der Waals surface area contributed by atoms with Crippen LogP contribution in [0, 0.1) is 5.92 Å². The Labute approximate surface area is 122 Å². The van der Waals surface area contributed by atoms with Crippen LogP contribution in [0.3, 0.4) is 0 Å². The highest BCUT2D eigenvalue weighted by Crippen LogP contribution is 2.17. The number of carbonyl (C=O) groups excluding carboxylic acids is 1. The summed E-state index contributed by atoms with van der Waals surface area (Å²) >= 11 is 0. The Kier molecular flexibility index (Phi) is 5.27. The maximum atomic E-state index is 12.0. The van der Waals surface area contributed by atoms with Gasteiger partial charge in [0.05, 0.1) is 6.61 Å². The number of nitrogens with zero attached hydrogens (tertiary/aromatic N) is 2. The Balaban J connectivity index is 1.70. The molecule has 2 rings (SSSR count). The molecule has 2 aliphatic heterocycles. The van der Waals surface area contributed by atoms with Crippen LogP contribution in [-0.4, -0.2) is 67.4 Å². The third-order valence-electron chi connectivity index (χ3n) is 3.79. The first kappa shape index (κ1) is 15.6. The fourth-order valence-corrected chi connectivity index (χ4v) is 2.76. The lowest BCUT2D eigenvalue weighted by atomic mass is 10.0. The molecular weight excluding hydrogens is 256 g/mol. The number of piperazine rings is 1. The van der Waals surface area contributed by atoms with Gasteiger partial charge in [0, 0.05) is 39.3 Å². The monoisotopic (exact) mass is 284 g/mol. The van der Waals surface area contributed by atoms with Gasteiger partial charge < -0.3 is 14.4 Å². The largest absolute Gasteiger partial charge is 0.444 e. The molecule has 0 radical (unpaired) electrons. The summed E-state index contributed by atoms with van der Waals surface area (Å²) in [6.07, 6.45) is 2.27. The van der Waals surface area contributed by atoms with Crippen molar-refractivity contribution >= 4 is 6.09 Å². The predicted octanol–water partition coefficient (Wildman–Crippen LogP) is 1.97. The molecule has 0 N–H and O–H groups in total. The fraction of sp³-hybridized carbons (Fsp3) is 0.933. The molecule has 116 valence electrons. The summed E-state index contributed by atoms with van der Waals surface area (Å²) in [5.41, 5.74) is -0.409. The Morgan fingerprint density at radius 1 is 1.25 bits per heavy atom. The molecule has 2 fully saturated rings. The number of rotatable bonds is 2. The van der Waals surface area contributed by atoms with Crippen LogP contribution in [0.4, 0.5) is 4.79 Å². The van der Waals surface area contributed by atoms with Gasteiger partial charge in [0.25, 0.3) is 0 Å². The lowest BCUT2D eigenvalue weighted by Gasteiger charge is -2.37. The second kappa shape index (κ2) is 6.76. The van der Waals surface area contributed by atoms with Gasteiger partial charge in [0.2, 0.25) is 0 Å². The van der Waals surface area contributed by atoms with Crippen molar-refractivity contribution < 1.29 is 14.3 Å². The van der Waals surface area contributed by atoms with Crippen LogP contribution in [0.5, 0.6) is 0 Å². The van der Waals surface area contributed by atoms with Gasteiger partial charge in [0.15, 0.2) is 0 Å². The highest BCUT2D eigenvalue weighted by atomic mass is 16.6. The highest BCUT2D eigenvalue weighted by Gasteiger charge is 2.27. The quantitative estimate of drug-likeness (QED) is 0.777. The molecule has 5 heteroatoms. The van der Waals surface area contributed by atoms with Crippen LogP contribution in [0.1, 0.15) is 33.6 Å². The first-order valence-electron chi connectivity index (χ1n) is 7.72. The van der Waals surface area contributed by atoms with Gasteiger partial charge >= 0.3 is 6.09 Å². The van der Waals surface area contributed by atoms with Crippen LogP contribution in [-0.2, 0) is 9.47 Å². The second-order valence-electron chi connectivity index (χ2n) is 6.85. The molecule has 0 aliphatic carbocycles. The Hall–Kier alpha value is -0.810. The zero-order chi connectivity index (χ0) is 14.6. The van der Waals surface area contributed by atoms with E-state index < -0.39 is 5.60 Å². The number of amides is 1. The molecule has 0 aromatic rings. The Morgan fingerprint density at radius 2 is 1.95 bits per heavy atom. The van der Waals surface area contributed by atoms with Gasteiger partial charge in [-0.25, -0.2) is 4.79 Å². The maximum absolute atomic E-state index is 12.0. The Bertz CT molecular complexity index is 314. The summed E-state index contributed by atoms with van der Waals surface area (Å²) in [7, 11) is 0. The highest BCUT2D eigenvalue weighted by molar-refractivity contribution is 5.68. The summed E-state index contributed by atoms with van der Waals surface area (Å²) in [4.78, 5) is 16.2. The minimum absolute atomic E-state index is 0.182. The normalized spacial score (nSPS) is 25.6. The summed E-state index contributed by atoms with van der Waals surface area (Å²) in [6, 6.07) is 0. The topological polar surface area (TPSA) is 42.0 Å². The molecule has 0 spiro atoms. The zero-order valence-electron chi connectivity index (χ0n) is 13.1. The molecule has 0 bridgehead atoms. The van der Waals surface area contributed by atoms with E-state index in [0.717, 1.165) is 45.9 Å². The van der Waals surface area contributed by atoms with E-state index >= 15 is 0 Å². The second-order valence-corrected chi connectivity index (χ2v) is 6.85. The van der Waals surface area contributed by atoms with E-state index in [1.807, 2.05) is 25.7 Å². The number of ether oxygens (including phenoxy) is 2. The van der Waals surface area contributed by atoms with Gasteiger partial charge in [-0.3, -0.25) is 4.90 Å². The van der Waals surface area contributed by atoms with Crippen LogP contribution in [0.25, 0.3) is 0 Å². The van der Waals surface area contributed by atoms with Crippen LogP contribution >= 0.6 is 0 Å². The standard InChI is InChI=1S/C15H28N2O3/c1-15(2,3)20-14(18)17-8-6-16(7-9-17)11-13-5-4-10-19-12-13/h13H,4-12H2,1-3H3. The van der Waals surface area contributed by atoms with Crippen molar-refractivity contribution in [3.05, 3.63) is 0 Å². The zero-order valence-corrected chi connectivity index (χ0v) is 13.1. The fourth-order valence-electron chi connectivity index (χ4n) is 2.76. The van der Waals surface area contributed by atoms with Crippen molar-refractivity contribution in [3.8, 4) is 0 Å². The van der Waals surface area contributed by atoms with E-state index in [1.54, 1.807) is 0 Å². The number of hydrogen-bond donors (Lipinski definition) is 0. The number of carbonyl (C=O) groups is 1. The van der Waals surface area contributed by atoms with E-state index in [-0.39, 0.29) is 6.09 Å². The maximum Gasteiger partial charge on any atom is 0.410 e. The van der Waals surface area contributed by atoms with Gasteiger partial charge in [-0.2, -0.15) is 0 Å². The van der Waals surface area contributed by atoms with Gasteiger partial charge in [0.1, 0.15) is 5.60 Å². The molecule has 1 amide bonds. The van der Waals surface area contributed by atoms with Crippen molar-refractivity contribution in [1.29, 1.82) is 0 Å². The third kappa shape index (κ3) is 4.94. The molecule has 2 heterocycles. The van der Waals surface area contributed by atoms with E-state index in [0.29, 0.717) is 5.92 Å². The lowest BCUT2D eigenvalue weighted by molar-refractivity contribution is 0.00551. The van der Waals surface area contributed by atoms with Crippen LogP contribution < -0.4 is 0 Å². The van der Waals surface area contributed by atoms with Crippen molar-refractivity contribution in [1.82, 2.24) is 9.80 Å². The molecule has 20 heavy (non-hydrogen) atoms. The summed E-state index contributed by atoms with van der Waals surface area (Å²) in [5, 5.41) is 0. The van der Waals surface area contributed by atoms with Crippen molar-refractivity contribution in [3.63, 3.8) is 0 Å². The van der Waals surface area contributed by atoms with Gasteiger partial charge in [-0.05, 0) is 39.5 Å². The summed E-state index contributed by atoms with van der Waals surface area (Å²) in [5.74, 6) is 0.664. The van der Waals surface area contributed by atoms with Gasteiger partial charge in [-0.15, -0.1) is 0 Å². The molecule has 1 unspecified atom stereocenters. The van der Waals surface area contributed by atoms with Gasteiger partial charge in [-0.1, -0.05) is 0 Å². The van der Waals surface area contributed by atoms with E-state index in [9.17, 15) is 4.79 Å². The molecule has 1 atom stereocenters. The van der Waals surface area contributed by atoms with Crippen LogP contribution in [0.15, 0.2) is 0 Å². The van der Waals surface area contributed by atoms with Crippen LogP contribution in [0.2, 0.25) is 0 Å². The van der Waals surface area contributed by atoms with Crippen molar-refractivity contribution in [2.45, 2.75) is 39.2 Å². The smallest absolute Gasteiger partial charge is 0.410 e. The van der Waals surface area contributed by atoms with E-state index in [1.165, 1.54) is 12.8 Å². The van der Waals surface area contributed by atoms with Crippen molar-refractivity contribution in [2.24, 2.45) is 5.92 Å². The first-order chi connectivity index (χ1) is 9.44. The molecule has 0 saturated carbocycles. The lowest BCUT2D eigenvalue weighted by Crippen LogP contribution is -2.51. The number of hydrogen-bond acceptors (Lipinski definition) is 4. The average Bonchev–Trinajstić information content (AvgIpc) is 2.39. The molecular formula is C15H28N2O3. The molecule has 2 aliphatic rings. The Morgan fingerprint density at radius 3 is 2.50 bits per heavy atom. The molecule has 5 nitrogen and oxygen atoms in total. The molecule has 0 aromatic heterocycles. The van der Waals surface area contributed by atoms with Crippen molar-refractivity contribution in [2.75, 3.05) is 45.9 Å². The minimum Gasteiger partial charge on any atom is -0.444 e. The van der Waals surface area contributed by atoms with E-state index in [2.05, 4.69) is 4.90 Å².